The summed E-state index contributed by atoms with van der Waals surface area (Å²) in [7, 11) is 0. The Kier molecular flexibility index (Phi) is 8.94. The van der Waals surface area contributed by atoms with Crippen molar-refractivity contribution >= 4 is 17.5 Å². The van der Waals surface area contributed by atoms with E-state index in [4.69, 9.17) is 5.73 Å². The highest BCUT2D eigenvalue weighted by Gasteiger charge is 2.12. The summed E-state index contributed by atoms with van der Waals surface area (Å²) in [4.78, 5) is 23.8. The molecule has 2 unspecified atom stereocenters. The van der Waals surface area contributed by atoms with E-state index < -0.39 is 5.91 Å². The fourth-order valence-corrected chi connectivity index (χ4v) is 1.97. The van der Waals surface area contributed by atoms with Crippen molar-refractivity contribution in [1.82, 2.24) is 16.3 Å². The van der Waals surface area contributed by atoms with Crippen LogP contribution in [-0.2, 0) is 0 Å². The van der Waals surface area contributed by atoms with Crippen molar-refractivity contribution in [1.29, 1.82) is 0 Å². The Balaban J connectivity index is 2.77. The molecule has 0 aliphatic heterocycles. The molecule has 1 aromatic rings. The molecular weight excluding hydrogens is 318 g/mol. The lowest BCUT2D eigenvalue weighted by Gasteiger charge is -2.15. The van der Waals surface area contributed by atoms with Crippen molar-refractivity contribution in [2.75, 3.05) is 18.5 Å². The van der Waals surface area contributed by atoms with Crippen LogP contribution in [0.4, 0.5) is 5.69 Å². The van der Waals surface area contributed by atoms with E-state index in [9.17, 15) is 9.59 Å². The van der Waals surface area contributed by atoms with Crippen molar-refractivity contribution in [2.45, 2.75) is 40.5 Å². The van der Waals surface area contributed by atoms with Gasteiger partial charge in [0.15, 0.2) is 0 Å². The number of benzene rings is 1. The maximum Gasteiger partial charge on any atom is 0.265 e. The second-order valence-corrected chi connectivity index (χ2v) is 6.53. The molecule has 1 aromatic carbocycles. The summed E-state index contributed by atoms with van der Waals surface area (Å²) in [5.74, 6) is 0.0853. The van der Waals surface area contributed by atoms with Crippen molar-refractivity contribution in [3.63, 3.8) is 0 Å². The zero-order valence-corrected chi connectivity index (χ0v) is 15.6. The highest BCUT2D eigenvalue weighted by molar-refractivity contribution is 6.00. The molecule has 25 heavy (non-hydrogen) atoms. The molecule has 0 saturated heterocycles. The van der Waals surface area contributed by atoms with Gasteiger partial charge in [-0.15, -0.1) is 0 Å². The first kappa shape index (κ1) is 20.9. The molecule has 0 aliphatic carbocycles. The fraction of sp³-hybridized carbons (Fsp3) is 0.556. The Morgan fingerprint density at radius 1 is 0.960 bits per heavy atom. The van der Waals surface area contributed by atoms with Crippen LogP contribution in [0.15, 0.2) is 18.2 Å². The number of nitrogens with two attached hydrogens (primary N) is 1. The number of nitrogens with one attached hydrogen (secondary N) is 4. The number of carbonyl (C=O) groups is 2. The maximum absolute atomic E-state index is 12.3. The molecule has 0 heterocycles. The predicted molar refractivity (Wildman–Crippen MR) is 101 cm³/mol. The Labute approximate surface area is 150 Å². The first-order chi connectivity index (χ1) is 11.9. The van der Waals surface area contributed by atoms with Gasteiger partial charge in [-0.1, -0.05) is 40.5 Å². The first-order valence-corrected chi connectivity index (χ1v) is 8.84. The average Bonchev–Trinajstić information content (AvgIpc) is 2.60. The van der Waals surface area contributed by atoms with E-state index in [1.807, 2.05) is 0 Å². The summed E-state index contributed by atoms with van der Waals surface area (Å²) in [5.41, 5.74) is 18.3. The van der Waals surface area contributed by atoms with Crippen LogP contribution in [-0.4, -0.2) is 24.9 Å². The van der Waals surface area contributed by atoms with Crippen LogP contribution in [0.25, 0.3) is 0 Å². The molecule has 2 atom stereocenters. The van der Waals surface area contributed by atoms with Gasteiger partial charge in [-0.3, -0.25) is 15.0 Å². The predicted octanol–water partition coefficient (Wildman–Crippen LogP) is 2.03. The van der Waals surface area contributed by atoms with Crippen LogP contribution in [0.3, 0.4) is 0 Å². The molecule has 0 saturated carbocycles. The van der Waals surface area contributed by atoms with E-state index in [1.165, 1.54) is 6.07 Å². The van der Waals surface area contributed by atoms with Crippen LogP contribution in [0.2, 0.25) is 0 Å². The third-order valence-corrected chi connectivity index (χ3v) is 4.21. The molecule has 140 valence electrons. The van der Waals surface area contributed by atoms with E-state index in [1.54, 1.807) is 12.1 Å². The summed E-state index contributed by atoms with van der Waals surface area (Å²) in [5, 5.41) is 0. The lowest BCUT2D eigenvalue weighted by molar-refractivity contribution is 0.0931. The molecule has 0 aliphatic rings. The minimum atomic E-state index is -0.577. The van der Waals surface area contributed by atoms with Gasteiger partial charge in [0.2, 0.25) is 5.91 Å². The lowest BCUT2D eigenvalue weighted by Crippen LogP contribution is -2.40. The van der Waals surface area contributed by atoms with Crippen molar-refractivity contribution in [3.8, 4) is 0 Å². The minimum absolute atomic E-state index is 0.280. The normalized spacial score (nSPS) is 13.1. The summed E-state index contributed by atoms with van der Waals surface area (Å²) >= 11 is 0. The number of carbonyl (C=O) groups excluding carboxylic acids is 2. The average molecular weight is 349 g/mol. The SMILES string of the molecule is CCC(C)CNNC(=O)c1cc(NNCC(C)CC)cc(C(N)=O)c1. The summed E-state index contributed by atoms with van der Waals surface area (Å²) in [6, 6.07) is 4.79. The Morgan fingerprint density at radius 2 is 1.52 bits per heavy atom. The lowest BCUT2D eigenvalue weighted by atomic mass is 10.1. The van der Waals surface area contributed by atoms with E-state index in [0.717, 1.165) is 19.4 Å². The molecule has 7 nitrogen and oxygen atoms in total. The molecule has 0 spiro atoms. The highest BCUT2D eigenvalue weighted by Crippen LogP contribution is 2.14. The van der Waals surface area contributed by atoms with E-state index in [2.05, 4.69) is 49.4 Å². The summed E-state index contributed by atoms with van der Waals surface area (Å²) in [6.07, 6.45) is 2.08. The van der Waals surface area contributed by atoms with Crippen LogP contribution in [0, 0.1) is 11.8 Å². The molecular formula is C18H31N5O2. The monoisotopic (exact) mass is 349 g/mol. The molecule has 2 amide bonds. The Bertz CT molecular complexity index is 577. The van der Waals surface area contributed by atoms with Gasteiger partial charge >= 0.3 is 0 Å². The standard InChI is InChI=1S/C18H31N5O2/c1-5-12(3)10-20-22-16-8-14(17(19)24)7-15(9-16)18(25)23-21-11-13(4)6-2/h7-9,12-13,20-22H,5-6,10-11H2,1-4H3,(H2,19,24)(H,23,25). The summed E-state index contributed by atoms with van der Waals surface area (Å²) < 4.78 is 0. The molecule has 6 N–H and O–H groups in total. The largest absolute Gasteiger partial charge is 0.366 e. The summed E-state index contributed by atoms with van der Waals surface area (Å²) in [6.45, 7) is 9.90. The molecule has 1 rings (SSSR count). The second kappa shape index (κ2) is 10.7. The number of rotatable bonds is 11. The smallest absolute Gasteiger partial charge is 0.265 e. The highest BCUT2D eigenvalue weighted by atomic mass is 16.2. The van der Waals surface area contributed by atoms with Crippen molar-refractivity contribution in [2.24, 2.45) is 17.6 Å². The number of primary amides is 1. The third kappa shape index (κ3) is 7.53. The number of hydrogen-bond donors (Lipinski definition) is 5. The van der Waals surface area contributed by atoms with Gasteiger partial charge in [-0.2, -0.15) is 0 Å². The zero-order chi connectivity index (χ0) is 18.8. The number of amides is 2. The Morgan fingerprint density at radius 3 is 2.08 bits per heavy atom. The number of hydrazine groups is 2. The molecule has 0 radical (unpaired) electrons. The van der Waals surface area contributed by atoms with Crippen LogP contribution in [0.1, 0.15) is 61.3 Å². The molecule has 0 bridgehead atoms. The zero-order valence-electron chi connectivity index (χ0n) is 15.6. The van der Waals surface area contributed by atoms with Gasteiger partial charge in [0.25, 0.3) is 5.91 Å². The van der Waals surface area contributed by atoms with Gasteiger partial charge in [-0.25, -0.2) is 10.9 Å². The topological polar surface area (TPSA) is 108 Å². The van der Waals surface area contributed by atoms with Gasteiger partial charge < -0.3 is 11.2 Å². The molecule has 0 aromatic heterocycles. The van der Waals surface area contributed by atoms with Crippen LogP contribution < -0.4 is 27.4 Å². The quantitative estimate of drug-likeness (QED) is 0.393. The fourth-order valence-electron chi connectivity index (χ4n) is 1.97. The first-order valence-electron chi connectivity index (χ1n) is 8.84. The minimum Gasteiger partial charge on any atom is -0.366 e. The maximum atomic E-state index is 12.3. The Hall–Kier alpha value is -2.12. The van der Waals surface area contributed by atoms with E-state index in [-0.39, 0.29) is 11.5 Å². The van der Waals surface area contributed by atoms with Crippen molar-refractivity contribution < 1.29 is 9.59 Å². The van der Waals surface area contributed by atoms with Gasteiger partial charge in [0, 0.05) is 24.2 Å². The van der Waals surface area contributed by atoms with E-state index >= 15 is 0 Å². The van der Waals surface area contributed by atoms with Crippen LogP contribution >= 0.6 is 0 Å². The molecule has 0 fully saturated rings. The second-order valence-electron chi connectivity index (χ2n) is 6.53. The van der Waals surface area contributed by atoms with Crippen LogP contribution in [0.5, 0.6) is 0 Å². The molecule has 7 heteroatoms. The van der Waals surface area contributed by atoms with Gasteiger partial charge in [0.05, 0.1) is 5.69 Å². The van der Waals surface area contributed by atoms with Gasteiger partial charge in [0.1, 0.15) is 0 Å². The number of hydrogen-bond acceptors (Lipinski definition) is 5. The third-order valence-electron chi connectivity index (χ3n) is 4.21. The van der Waals surface area contributed by atoms with Gasteiger partial charge in [-0.05, 0) is 30.0 Å². The van der Waals surface area contributed by atoms with Crippen molar-refractivity contribution in [3.05, 3.63) is 29.3 Å². The number of anilines is 1. The van der Waals surface area contributed by atoms with E-state index in [0.29, 0.717) is 29.6 Å².